The summed E-state index contributed by atoms with van der Waals surface area (Å²) in [6.07, 6.45) is 0. The van der Waals surface area contributed by atoms with E-state index in [9.17, 15) is 0 Å². The molecule has 0 aromatic carbocycles. The third-order valence-corrected chi connectivity index (χ3v) is 9.80. The molecule has 0 spiro atoms. The molecule has 0 aromatic heterocycles. The first kappa shape index (κ1) is 16.6. The Labute approximate surface area is 109 Å². The maximum Gasteiger partial charge on any atom is 0.218 e. The van der Waals surface area contributed by atoms with Gasteiger partial charge in [-0.25, -0.2) is 0 Å². The van der Waals surface area contributed by atoms with Gasteiger partial charge in [-0.1, -0.05) is 53.1 Å². The summed E-state index contributed by atoms with van der Waals surface area (Å²) in [7, 11) is -2.59. The van der Waals surface area contributed by atoms with E-state index in [0.29, 0.717) is 0 Å². The molecule has 2 nitrogen and oxygen atoms in total. The maximum absolute atomic E-state index is 6.11. The molecule has 0 saturated carbocycles. The summed E-state index contributed by atoms with van der Waals surface area (Å²) < 4.78 is 11.6. The van der Waals surface area contributed by atoms with Gasteiger partial charge in [0, 0.05) is 0 Å². The van der Waals surface area contributed by atoms with Crippen LogP contribution in [0.5, 0.6) is 0 Å². The third-order valence-electron chi connectivity index (χ3n) is 3.06. The molecule has 0 fully saturated rings. The lowest BCUT2D eigenvalue weighted by atomic mass is 10.3. The van der Waals surface area contributed by atoms with Gasteiger partial charge in [-0.2, -0.15) is 0 Å². The predicted octanol–water partition coefficient (Wildman–Crippen LogP) is 3.85. The average molecular weight is 283 g/mol. The van der Waals surface area contributed by atoms with E-state index in [1.54, 1.807) is 0 Å². The zero-order chi connectivity index (χ0) is 13.1. The highest BCUT2D eigenvalue weighted by molar-refractivity contribution is 6.56. The van der Waals surface area contributed by atoms with Crippen molar-refractivity contribution in [1.82, 2.24) is 0 Å². The van der Waals surface area contributed by atoms with E-state index in [0.717, 1.165) is 0 Å². The first-order chi connectivity index (χ1) is 6.94. The lowest BCUT2D eigenvalue weighted by molar-refractivity contribution is 0.0660. The van der Waals surface area contributed by atoms with Crippen LogP contribution in [0, 0.1) is 0 Å². The minimum absolute atomic E-state index is 0.225. The predicted molar refractivity (Wildman–Crippen MR) is 77.3 cm³/mol. The summed E-state index contributed by atoms with van der Waals surface area (Å²) >= 11 is 6.11. The van der Waals surface area contributed by atoms with E-state index in [1.165, 1.54) is 0 Å². The maximum atomic E-state index is 6.11. The quantitative estimate of drug-likeness (QED) is 0.443. The molecule has 2 atom stereocenters. The van der Waals surface area contributed by atoms with E-state index in [2.05, 4.69) is 54.6 Å². The van der Waals surface area contributed by atoms with Crippen molar-refractivity contribution in [3.8, 4) is 0 Å². The number of hydrogen-bond donors (Lipinski definition) is 0. The molecular formula is C11H27ClO2Si2. The fraction of sp³-hybridized carbons (Fsp3) is 1.00. The smallest absolute Gasteiger partial charge is 0.218 e. The van der Waals surface area contributed by atoms with E-state index >= 15 is 0 Å². The second kappa shape index (κ2) is 6.00. The Morgan fingerprint density at radius 1 is 0.812 bits per heavy atom. The Balaban J connectivity index is 4.15. The van der Waals surface area contributed by atoms with Crippen LogP contribution in [0.1, 0.15) is 41.5 Å². The highest BCUT2D eigenvalue weighted by Crippen LogP contribution is 2.31. The van der Waals surface area contributed by atoms with Gasteiger partial charge in [-0.05, 0) is 23.2 Å². The summed E-state index contributed by atoms with van der Waals surface area (Å²) in [5.74, 6) is -0.554. The summed E-state index contributed by atoms with van der Waals surface area (Å²) in [5.41, 5.74) is 0. The molecule has 0 bridgehead atoms. The largest absolute Gasteiger partial charge is 0.384 e. The zero-order valence-electron chi connectivity index (χ0n) is 11.9. The van der Waals surface area contributed by atoms with Gasteiger partial charge in [0.25, 0.3) is 0 Å². The lowest BCUT2D eigenvalue weighted by Gasteiger charge is -2.32. The van der Waals surface area contributed by atoms with Crippen LogP contribution in [0.2, 0.25) is 23.2 Å². The minimum atomic E-state index is -1.30. The number of halogens is 1. The fourth-order valence-corrected chi connectivity index (χ4v) is 3.40. The van der Waals surface area contributed by atoms with Crippen molar-refractivity contribution in [2.45, 2.75) is 70.5 Å². The Bertz CT molecular complexity index is 189. The van der Waals surface area contributed by atoms with E-state index in [4.69, 9.17) is 20.5 Å². The van der Waals surface area contributed by atoms with E-state index < -0.39 is 23.8 Å². The van der Waals surface area contributed by atoms with Crippen LogP contribution in [-0.4, -0.2) is 23.8 Å². The van der Waals surface area contributed by atoms with Crippen LogP contribution in [-0.2, 0) is 8.85 Å². The van der Waals surface area contributed by atoms with E-state index in [-0.39, 0.29) is 10.1 Å². The monoisotopic (exact) mass is 282 g/mol. The molecule has 0 amide bonds. The van der Waals surface area contributed by atoms with Gasteiger partial charge >= 0.3 is 0 Å². The van der Waals surface area contributed by atoms with Gasteiger partial charge in [-0.3, -0.25) is 0 Å². The van der Waals surface area contributed by atoms with Crippen molar-refractivity contribution >= 4 is 29.7 Å². The van der Waals surface area contributed by atoms with Gasteiger partial charge in [-0.15, -0.1) is 0 Å². The second-order valence-electron chi connectivity index (χ2n) is 6.56. The molecule has 0 aliphatic heterocycles. The van der Waals surface area contributed by atoms with Crippen LogP contribution in [0.3, 0.4) is 0 Å². The van der Waals surface area contributed by atoms with Gasteiger partial charge in [0.05, 0.1) is 0 Å². The molecule has 98 valence electrons. The first-order valence-electron chi connectivity index (χ1n) is 5.89. The highest BCUT2D eigenvalue weighted by Gasteiger charge is 2.29. The molecule has 0 aliphatic carbocycles. The van der Waals surface area contributed by atoms with Gasteiger partial charge in [0.15, 0.2) is 18.1 Å². The Morgan fingerprint density at radius 3 is 1.25 bits per heavy atom. The molecule has 0 radical (unpaired) electrons. The van der Waals surface area contributed by atoms with Gasteiger partial charge in [0.2, 0.25) is 5.75 Å². The van der Waals surface area contributed by atoms with Crippen LogP contribution in [0.4, 0.5) is 0 Å². The minimum Gasteiger partial charge on any atom is -0.384 e. The van der Waals surface area contributed by atoms with Crippen molar-refractivity contribution in [3.05, 3.63) is 0 Å². The summed E-state index contributed by atoms with van der Waals surface area (Å²) in [5, 5.41) is 0.450. The standard InChI is InChI=1S/C11H27ClO2Si2/c1-10(2,3)15(7)13-9(12)14-16(8)11(4,5)6/h9,15-16H,1-8H3. The molecule has 0 aliphatic rings. The third kappa shape index (κ3) is 6.40. The summed E-state index contributed by atoms with van der Waals surface area (Å²) in [4.78, 5) is 0. The Morgan fingerprint density at radius 2 is 1.06 bits per heavy atom. The van der Waals surface area contributed by atoms with Gasteiger partial charge < -0.3 is 8.85 Å². The molecule has 0 N–H and O–H groups in total. The lowest BCUT2D eigenvalue weighted by Crippen LogP contribution is -2.35. The van der Waals surface area contributed by atoms with Crippen molar-refractivity contribution in [3.63, 3.8) is 0 Å². The molecule has 2 unspecified atom stereocenters. The van der Waals surface area contributed by atoms with Crippen molar-refractivity contribution in [1.29, 1.82) is 0 Å². The highest BCUT2D eigenvalue weighted by atomic mass is 35.5. The fourth-order valence-electron chi connectivity index (χ4n) is 0.761. The van der Waals surface area contributed by atoms with E-state index in [1.807, 2.05) is 0 Å². The number of alkyl halides is 1. The average Bonchev–Trinajstić information content (AvgIpc) is 1.99. The zero-order valence-corrected chi connectivity index (χ0v) is 15.0. The summed E-state index contributed by atoms with van der Waals surface area (Å²) in [6.45, 7) is 17.5. The molecule has 5 heteroatoms. The van der Waals surface area contributed by atoms with Crippen molar-refractivity contribution < 1.29 is 8.85 Å². The van der Waals surface area contributed by atoms with Crippen LogP contribution in [0.15, 0.2) is 0 Å². The molecule has 16 heavy (non-hydrogen) atoms. The second-order valence-corrected chi connectivity index (χ2v) is 13.5. The topological polar surface area (TPSA) is 18.5 Å². The SMILES string of the molecule is C[SiH](OC(Cl)O[SiH](C)C(C)(C)C)C(C)(C)C. The Kier molecular flexibility index (Phi) is 6.24. The molecule has 0 aromatic rings. The van der Waals surface area contributed by atoms with Gasteiger partial charge in [0.1, 0.15) is 0 Å². The first-order valence-corrected chi connectivity index (χ1v) is 10.7. The van der Waals surface area contributed by atoms with Crippen LogP contribution >= 0.6 is 11.6 Å². The molecule has 0 heterocycles. The molecular weight excluding hydrogens is 256 g/mol. The normalized spacial score (nSPS) is 19.3. The summed E-state index contributed by atoms with van der Waals surface area (Å²) in [6, 6.07) is 0. The Hall–Kier alpha value is 0.644. The van der Waals surface area contributed by atoms with Crippen molar-refractivity contribution in [2.24, 2.45) is 0 Å². The van der Waals surface area contributed by atoms with Crippen LogP contribution < -0.4 is 0 Å². The van der Waals surface area contributed by atoms with Crippen LogP contribution in [0.25, 0.3) is 0 Å². The number of hydrogen-bond acceptors (Lipinski definition) is 2. The van der Waals surface area contributed by atoms with Crippen molar-refractivity contribution in [2.75, 3.05) is 0 Å². The number of rotatable bonds is 4. The molecule has 0 saturated heterocycles. The molecule has 0 rings (SSSR count).